The zero-order valence-electron chi connectivity index (χ0n) is 13.9. The lowest BCUT2D eigenvalue weighted by molar-refractivity contribution is 0.100. The summed E-state index contributed by atoms with van der Waals surface area (Å²) in [4.78, 5) is 32.0. The average molecular weight is 367 g/mol. The van der Waals surface area contributed by atoms with Gasteiger partial charge < -0.3 is 10.6 Å². The van der Waals surface area contributed by atoms with Gasteiger partial charge in [0.15, 0.2) is 5.78 Å². The van der Waals surface area contributed by atoms with Crippen LogP contribution in [0.5, 0.6) is 0 Å². The summed E-state index contributed by atoms with van der Waals surface area (Å²) in [5.74, 6) is 0.00670. The number of carbonyl (C=O) groups excluding carboxylic acids is 2. The number of Topliss-reactive ketones (excluding diaryl/α,β-unsaturated/α-hetero) is 1. The van der Waals surface area contributed by atoms with E-state index in [4.69, 9.17) is 11.6 Å². The maximum Gasteiger partial charge on any atom is 0.275 e. The topological polar surface area (TPSA) is 84.0 Å². The van der Waals surface area contributed by atoms with Crippen molar-refractivity contribution in [3.05, 3.63) is 77.2 Å². The average Bonchev–Trinajstić information content (AvgIpc) is 2.62. The highest BCUT2D eigenvalue weighted by Gasteiger charge is 2.10. The van der Waals surface area contributed by atoms with Gasteiger partial charge in [-0.3, -0.25) is 9.59 Å². The Bertz CT molecular complexity index is 958. The third-order valence-electron chi connectivity index (χ3n) is 3.51. The van der Waals surface area contributed by atoms with Crippen molar-refractivity contribution >= 4 is 40.5 Å². The molecule has 0 atom stereocenters. The first-order valence-corrected chi connectivity index (χ1v) is 8.16. The predicted octanol–water partition coefficient (Wildman–Crippen LogP) is 4.33. The van der Waals surface area contributed by atoms with Crippen LogP contribution in [0.3, 0.4) is 0 Å². The zero-order chi connectivity index (χ0) is 18.5. The molecule has 1 aromatic heterocycles. The number of halogens is 1. The maximum atomic E-state index is 12.3. The van der Waals surface area contributed by atoms with Crippen molar-refractivity contribution in [1.29, 1.82) is 0 Å². The lowest BCUT2D eigenvalue weighted by Gasteiger charge is -2.08. The van der Waals surface area contributed by atoms with Gasteiger partial charge in [-0.15, -0.1) is 0 Å². The van der Waals surface area contributed by atoms with E-state index in [1.165, 1.54) is 19.3 Å². The van der Waals surface area contributed by atoms with Crippen LogP contribution in [-0.4, -0.2) is 21.7 Å². The number of hydrogen-bond donors (Lipinski definition) is 2. The molecule has 2 aromatic carbocycles. The molecular weight excluding hydrogens is 352 g/mol. The van der Waals surface area contributed by atoms with Crippen molar-refractivity contribution < 1.29 is 9.59 Å². The van der Waals surface area contributed by atoms with E-state index in [-0.39, 0.29) is 11.5 Å². The molecule has 1 heterocycles. The first kappa shape index (κ1) is 17.6. The molecule has 0 saturated heterocycles. The molecule has 0 fully saturated rings. The first-order valence-electron chi connectivity index (χ1n) is 7.78. The van der Waals surface area contributed by atoms with Crippen LogP contribution in [0.1, 0.15) is 27.8 Å². The van der Waals surface area contributed by atoms with Gasteiger partial charge in [0, 0.05) is 22.0 Å². The van der Waals surface area contributed by atoms with Crippen LogP contribution < -0.4 is 10.6 Å². The summed E-state index contributed by atoms with van der Waals surface area (Å²) in [6.07, 6.45) is 2.83. The van der Waals surface area contributed by atoms with Gasteiger partial charge in [-0.2, -0.15) is 0 Å². The predicted molar refractivity (Wildman–Crippen MR) is 101 cm³/mol. The first-order chi connectivity index (χ1) is 12.5. The Kier molecular flexibility index (Phi) is 5.24. The van der Waals surface area contributed by atoms with E-state index in [1.54, 1.807) is 36.4 Å². The molecule has 0 aliphatic heterocycles. The Hall–Kier alpha value is -3.25. The van der Waals surface area contributed by atoms with Gasteiger partial charge in [0.25, 0.3) is 5.91 Å². The highest BCUT2D eigenvalue weighted by atomic mass is 35.5. The molecule has 1 amide bonds. The number of nitrogens with one attached hydrogen (secondary N) is 2. The van der Waals surface area contributed by atoms with Crippen LogP contribution in [-0.2, 0) is 0 Å². The number of hydrogen-bond acceptors (Lipinski definition) is 5. The van der Waals surface area contributed by atoms with Crippen molar-refractivity contribution in [2.75, 3.05) is 10.6 Å². The van der Waals surface area contributed by atoms with Crippen LogP contribution in [0, 0.1) is 0 Å². The fourth-order valence-electron chi connectivity index (χ4n) is 2.24. The molecular formula is C19H15ClN4O2. The monoisotopic (exact) mass is 366 g/mol. The van der Waals surface area contributed by atoms with Crippen LogP contribution in [0.25, 0.3) is 0 Å². The van der Waals surface area contributed by atoms with Gasteiger partial charge in [-0.25, -0.2) is 9.97 Å². The molecule has 0 radical (unpaired) electrons. The molecule has 0 spiro atoms. The third kappa shape index (κ3) is 4.43. The second kappa shape index (κ2) is 7.76. The SMILES string of the molecule is CC(=O)c1cccc(NC(=O)c2cnc(Nc3cccc(Cl)c3)cn2)c1. The van der Waals surface area contributed by atoms with Gasteiger partial charge in [0.2, 0.25) is 0 Å². The molecule has 0 unspecified atom stereocenters. The Morgan fingerprint density at radius 2 is 1.73 bits per heavy atom. The van der Waals surface area contributed by atoms with Crippen molar-refractivity contribution in [3.63, 3.8) is 0 Å². The Balaban J connectivity index is 1.69. The number of aromatic nitrogens is 2. The Labute approximate surface area is 155 Å². The number of ketones is 1. The summed E-state index contributed by atoms with van der Waals surface area (Å²) in [6, 6.07) is 13.9. The minimum atomic E-state index is -0.410. The molecule has 26 heavy (non-hydrogen) atoms. The molecule has 6 nitrogen and oxygen atoms in total. The minimum Gasteiger partial charge on any atom is -0.339 e. The second-order valence-electron chi connectivity index (χ2n) is 5.51. The van der Waals surface area contributed by atoms with Crippen molar-refractivity contribution in [1.82, 2.24) is 9.97 Å². The second-order valence-corrected chi connectivity index (χ2v) is 5.95. The number of amides is 1. The fraction of sp³-hybridized carbons (Fsp3) is 0.0526. The van der Waals surface area contributed by atoms with Gasteiger partial charge >= 0.3 is 0 Å². The van der Waals surface area contributed by atoms with E-state index >= 15 is 0 Å². The standard InChI is InChI=1S/C19H15ClN4O2/c1-12(25)13-4-2-6-15(8-13)24-19(26)17-10-22-18(11-21-17)23-16-7-3-5-14(20)9-16/h2-11H,1H3,(H,22,23)(H,24,26). The summed E-state index contributed by atoms with van der Waals surface area (Å²) >= 11 is 5.94. The number of rotatable bonds is 5. The molecule has 2 N–H and O–H groups in total. The third-order valence-corrected chi connectivity index (χ3v) is 3.74. The van der Waals surface area contributed by atoms with Gasteiger partial charge in [-0.1, -0.05) is 29.8 Å². The van der Waals surface area contributed by atoms with Crippen LogP contribution in [0.15, 0.2) is 60.9 Å². The molecule has 0 aliphatic rings. The summed E-state index contributed by atoms with van der Waals surface area (Å²) in [6.45, 7) is 1.47. The van der Waals surface area contributed by atoms with E-state index in [1.807, 2.05) is 12.1 Å². The van der Waals surface area contributed by atoms with Crippen molar-refractivity contribution in [3.8, 4) is 0 Å². The highest BCUT2D eigenvalue weighted by Crippen LogP contribution is 2.18. The molecule has 7 heteroatoms. The number of anilines is 3. The molecule has 0 aliphatic carbocycles. The minimum absolute atomic E-state index is 0.0719. The molecule has 3 aromatic rings. The van der Waals surface area contributed by atoms with E-state index in [2.05, 4.69) is 20.6 Å². The maximum absolute atomic E-state index is 12.3. The quantitative estimate of drug-likeness (QED) is 0.656. The van der Waals surface area contributed by atoms with Crippen molar-refractivity contribution in [2.24, 2.45) is 0 Å². The molecule has 0 saturated carbocycles. The van der Waals surface area contributed by atoms with Crippen molar-refractivity contribution in [2.45, 2.75) is 6.92 Å². The van der Waals surface area contributed by atoms with E-state index in [0.29, 0.717) is 22.1 Å². The highest BCUT2D eigenvalue weighted by molar-refractivity contribution is 6.30. The normalized spacial score (nSPS) is 10.2. The number of benzene rings is 2. The molecule has 0 bridgehead atoms. The van der Waals surface area contributed by atoms with E-state index < -0.39 is 5.91 Å². The van der Waals surface area contributed by atoms with Crippen LogP contribution >= 0.6 is 11.6 Å². The smallest absolute Gasteiger partial charge is 0.275 e. The number of nitrogens with zero attached hydrogens (tertiary/aromatic N) is 2. The fourth-order valence-corrected chi connectivity index (χ4v) is 2.43. The molecule has 130 valence electrons. The summed E-state index contributed by atoms with van der Waals surface area (Å²) in [5, 5.41) is 6.36. The lowest BCUT2D eigenvalue weighted by atomic mass is 10.1. The van der Waals surface area contributed by atoms with Gasteiger partial charge in [0.1, 0.15) is 11.5 Å². The van der Waals surface area contributed by atoms with Gasteiger partial charge in [0.05, 0.1) is 12.4 Å². The Morgan fingerprint density at radius 1 is 0.962 bits per heavy atom. The number of carbonyl (C=O) groups is 2. The zero-order valence-corrected chi connectivity index (χ0v) is 14.6. The summed E-state index contributed by atoms with van der Waals surface area (Å²) < 4.78 is 0. The van der Waals surface area contributed by atoms with Gasteiger partial charge in [-0.05, 0) is 37.3 Å². The molecule has 3 rings (SSSR count). The van der Waals surface area contributed by atoms with Crippen LogP contribution in [0.2, 0.25) is 5.02 Å². The lowest BCUT2D eigenvalue weighted by Crippen LogP contribution is -2.14. The largest absolute Gasteiger partial charge is 0.339 e. The summed E-state index contributed by atoms with van der Waals surface area (Å²) in [5.41, 5.74) is 1.97. The van der Waals surface area contributed by atoms with E-state index in [9.17, 15) is 9.59 Å². The summed E-state index contributed by atoms with van der Waals surface area (Å²) in [7, 11) is 0. The van der Waals surface area contributed by atoms with Crippen LogP contribution in [0.4, 0.5) is 17.2 Å². The van der Waals surface area contributed by atoms with E-state index in [0.717, 1.165) is 5.69 Å². The Morgan fingerprint density at radius 3 is 2.42 bits per heavy atom.